The van der Waals surface area contributed by atoms with E-state index in [9.17, 15) is 37.1 Å². The minimum absolute atomic E-state index is 0.0360. The van der Waals surface area contributed by atoms with Crippen LogP contribution >= 0.6 is 0 Å². The van der Waals surface area contributed by atoms with Crippen molar-refractivity contribution in [3.8, 4) is 11.1 Å². The van der Waals surface area contributed by atoms with Gasteiger partial charge in [-0.2, -0.15) is 13.2 Å². The van der Waals surface area contributed by atoms with Crippen LogP contribution in [0.15, 0.2) is 97.1 Å². The van der Waals surface area contributed by atoms with Gasteiger partial charge in [0.05, 0.1) is 30.0 Å². The van der Waals surface area contributed by atoms with Crippen LogP contribution in [0.2, 0.25) is 0 Å². The monoisotopic (exact) mass is 742 g/mol. The van der Waals surface area contributed by atoms with E-state index in [0.29, 0.717) is 24.2 Å². The van der Waals surface area contributed by atoms with Crippen LogP contribution in [0.1, 0.15) is 76.9 Å². The van der Waals surface area contributed by atoms with Crippen molar-refractivity contribution in [2.24, 2.45) is 0 Å². The summed E-state index contributed by atoms with van der Waals surface area (Å²) in [6, 6.07) is 23.8. The van der Waals surface area contributed by atoms with Gasteiger partial charge in [0.15, 0.2) is 5.41 Å². The van der Waals surface area contributed by atoms with E-state index >= 15 is 0 Å². The van der Waals surface area contributed by atoms with Crippen molar-refractivity contribution in [1.82, 2.24) is 4.90 Å². The smallest absolute Gasteiger partial charge is 0.416 e. The van der Waals surface area contributed by atoms with Gasteiger partial charge >= 0.3 is 18.1 Å². The first-order chi connectivity index (χ1) is 25.9. The number of hydrogen-bond acceptors (Lipinski definition) is 7. The number of hydrogen-bond donors (Lipinski definition) is 1. The second-order valence-corrected chi connectivity index (χ2v) is 12.9. The van der Waals surface area contributed by atoms with Gasteiger partial charge in [-0.1, -0.05) is 72.8 Å². The van der Waals surface area contributed by atoms with E-state index < -0.39 is 53.1 Å². The molecule has 0 unspecified atom stereocenters. The summed E-state index contributed by atoms with van der Waals surface area (Å²) in [4.78, 5) is 70.4. The highest BCUT2D eigenvalue weighted by atomic mass is 19.4. The van der Waals surface area contributed by atoms with Gasteiger partial charge in [0, 0.05) is 31.5 Å². The van der Waals surface area contributed by atoms with E-state index in [1.54, 1.807) is 79.4 Å². The highest BCUT2D eigenvalue weighted by molar-refractivity contribution is 6.12. The number of amides is 2. The number of likely N-dealkylation sites (tertiary alicyclic amines) is 1. The molecule has 1 saturated heterocycles. The number of benzene rings is 4. The molecule has 0 atom stereocenters. The number of nitrogens with one attached hydrogen (secondary N) is 1. The molecule has 4 aromatic rings. The van der Waals surface area contributed by atoms with Crippen molar-refractivity contribution < 1.29 is 46.6 Å². The molecule has 2 amide bonds. The Morgan fingerprint density at radius 2 is 1.31 bits per heavy atom. The molecule has 0 aromatic heterocycles. The van der Waals surface area contributed by atoms with Crippen LogP contribution in [0.3, 0.4) is 0 Å². The van der Waals surface area contributed by atoms with Gasteiger partial charge in [-0.05, 0) is 79.6 Å². The highest BCUT2D eigenvalue weighted by Crippen LogP contribution is 2.35. The van der Waals surface area contributed by atoms with E-state index in [2.05, 4.69) is 5.32 Å². The molecule has 1 fully saturated rings. The number of anilines is 1. The van der Waals surface area contributed by atoms with Crippen LogP contribution in [0.5, 0.6) is 0 Å². The zero-order valence-electron chi connectivity index (χ0n) is 30.0. The average molecular weight is 743 g/mol. The molecule has 0 aliphatic carbocycles. The Labute approximate surface area is 311 Å². The summed E-state index contributed by atoms with van der Waals surface area (Å²) in [5.41, 5.74) is -1.93. The molecular formula is C42H41F3N2O7. The number of halogens is 3. The molecule has 9 nitrogen and oxygen atoms in total. The molecular weight excluding hydrogens is 701 g/mol. The summed E-state index contributed by atoms with van der Waals surface area (Å²) in [5, 5.41) is 2.67. The van der Waals surface area contributed by atoms with Crippen LogP contribution in [-0.2, 0) is 41.9 Å². The lowest BCUT2D eigenvalue weighted by Gasteiger charge is -2.29. The maximum atomic E-state index is 14.0. The molecule has 0 saturated carbocycles. The summed E-state index contributed by atoms with van der Waals surface area (Å²) < 4.78 is 52.1. The SMILES string of the molecule is CCOC(=O)C(CC(=O)Cc1ccc(NC(=O)c2cc(C(F)(F)F)ccc2-c2ccccc2)c(C(=O)N2CCCCC2)c1)(C(=O)OCC)c1ccccc1. The molecule has 1 heterocycles. The summed E-state index contributed by atoms with van der Waals surface area (Å²) in [6.45, 7) is 3.97. The van der Waals surface area contributed by atoms with Crippen molar-refractivity contribution in [3.63, 3.8) is 0 Å². The number of rotatable bonds is 13. The Hall–Kier alpha value is -5.78. The van der Waals surface area contributed by atoms with Crippen molar-refractivity contribution in [1.29, 1.82) is 0 Å². The topological polar surface area (TPSA) is 119 Å². The number of piperidine rings is 1. The molecule has 5 rings (SSSR count). The molecule has 1 N–H and O–H groups in total. The number of alkyl halides is 3. The van der Waals surface area contributed by atoms with Crippen LogP contribution < -0.4 is 5.32 Å². The van der Waals surface area contributed by atoms with E-state index in [0.717, 1.165) is 31.4 Å². The summed E-state index contributed by atoms with van der Waals surface area (Å²) in [7, 11) is 0. The lowest BCUT2D eigenvalue weighted by molar-refractivity contribution is -0.166. The Kier molecular flexibility index (Phi) is 12.7. The quantitative estimate of drug-likeness (QED) is 0.110. The summed E-state index contributed by atoms with van der Waals surface area (Å²) >= 11 is 0. The highest BCUT2D eigenvalue weighted by Gasteiger charge is 2.52. The largest absolute Gasteiger partial charge is 0.465 e. The molecule has 12 heteroatoms. The van der Waals surface area contributed by atoms with Gasteiger partial charge in [0.1, 0.15) is 5.78 Å². The standard InChI is InChI=1S/C42H41F3N2O7/c1-3-53-39(51)41(40(52)54-4-2,30-16-10-6-11-17-30)27-32(48)24-28-18-21-36(35(25-28)38(50)47-22-12-7-13-23-47)46-37(49)34-26-31(42(43,44)45)19-20-33(34)29-14-8-5-9-15-29/h5-6,8-11,14-21,25-26H,3-4,7,12-13,22-24,27H2,1-2H3,(H,46,49). The third-order valence-corrected chi connectivity index (χ3v) is 9.26. The van der Waals surface area contributed by atoms with E-state index in [1.165, 1.54) is 24.3 Å². The maximum absolute atomic E-state index is 14.0. The van der Waals surface area contributed by atoms with Gasteiger partial charge in [0.2, 0.25) is 0 Å². The predicted molar refractivity (Wildman–Crippen MR) is 196 cm³/mol. The van der Waals surface area contributed by atoms with Gasteiger partial charge in [-0.15, -0.1) is 0 Å². The van der Waals surface area contributed by atoms with Crippen molar-refractivity contribution >= 4 is 35.2 Å². The number of carbonyl (C=O) groups excluding carboxylic acids is 5. The molecule has 54 heavy (non-hydrogen) atoms. The summed E-state index contributed by atoms with van der Waals surface area (Å²) in [5.74, 6) is -3.71. The average Bonchev–Trinajstić information content (AvgIpc) is 3.17. The maximum Gasteiger partial charge on any atom is 0.416 e. The first kappa shape index (κ1) is 39.4. The molecule has 0 radical (unpaired) electrons. The summed E-state index contributed by atoms with van der Waals surface area (Å²) in [6.07, 6.45) is -3.16. The fourth-order valence-corrected chi connectivity index (χ4v) is 6.60. The van der Waals surface area contributed by atoms with Crippen molar-refractivity contribution in [3.05, 3.63) is 125 Å². The number of Topliss-reactive ketones (excluding diaryl/α,β-unsaturated/α-hetero) is 1. The Balaban J connectivity index is 1.52. The fourth-order valence-electron chi connectivity index (χ4n) is 6.60. The Bertz CT molecular complexity index is 1970. The van der Waals surface area contributed by atoms with Gasteiger partial charge < -0.3 is 19.7 Å². The molecule has 4 aromatic carbocycles. The van der Waals surface area contributed by atoms with Crippen LogP contribution in [0.4, 0.5) is 18.9 Å². The zero-order valence-corrected chi connectivity index (χ0v) is 30.0. The van der Waals surface area contributed by atoms with Gasteiger partial charge in [-0.25, -0.2) is 0 Å². The lowest BCUT2D eigenvalue weighted by Crippen LogP contribution is -2.48. The first-order valence-corrected chi connectivity index (χ1v) is 17.8. The fraction of sp³-hybridized carbons (Fsp3) is 0.310. The Morgan fingerprint density at radius 1 is 0.704 bits per heavy atom. The minimum Gasteiger partial charge on any atom is -0.465 e. The minimum atomic E-state index is -4.72. The number of carbonyl (C=O) groups is 5. The van der Waals surface area contributed by atoms with Gasteiger partial charge in [0.25, 0.3) is 11.8 Å². The number of nitrogens with zero attached hydrogens (tertiary/aromatic N) is 1. The number of esters is 2. The molecule has 0 spiro atoms. The normalized spacial score (nSPS) is 13.2. The van der Waals surface area contributed by atoms with Crippen LogP contribution in [-0.4, -0.2) is 60.7 Å². The van der Waals surface area contributed by atoms with E-state index in [-0.39, 0.29) is 47.6 Å². The Morgan fingerprint density at radius 3 is 1.91 bits per heavy atom. The lowest BCUT2D eigenvalue weighted by atomic mass is 9.75. The third kappa shape index (κ3) is 8.87. The van der Waals surface area contributed by atoms with Crippen LogP contribution in [0.25, 0.3) is 11.1 Å². The molecule has 1 aliphatic heterocycles. The molecule has 1 aliphatic rings. The van der Waals surface area contributed by atoms with Crippen molar-refractivity contribution in [2.75, 3.05) is 31.6 Å². The van der Waals surface area contributed by atoms with Crippen LogP contribution in [0, 0.1) is 0 Å². The molecule has 282 valence electrons. The predicted octanol–water partition coefficient (Wildman–Crippen LogP) is 7.82. The van der Waals surface area contributed by atoms with E-state index in [4.69, 9.17) is 9.47 Å². The van der Waals surface area contributed by atoms with E-state index in [1.807, 2.05) is 0 Å². The van der Waals surface area contributed by atoms with Crippen molar-refractivity contribution in [2.45, 2.75) is 57.5 Å². The number of ether oxygens (including phenoxy) is 2. The second kappa shape index (κ2) is 17.4. The van der Waals surface area contributed by atoms with Gasteiger partial charge in [-0.3, -0.25) is 24.0 Å². The number of ketones is 1. The third-order valence-electron chi connectivity index (χ3n) is 9.26. The molecule has 0 bridgehead atoms. The zero-order chi connectivity index (χ0) is 38.9. The first-order valence-electron chi connectivity index (χ1n) is 17.8. The second-order valence-electron chi connectivity index (χ2n) is 12.9.